The molecule has 1 aromatic heterocycles. The Morgan fingerprint density at radius 2 is 1.61 bits per heavy atom. The molecule has 0 bridgehead atoms. The van der Waals surface area contributed by atoms with Crippen LogP contribution in [-0.2, 0) is 12.7 Å². The molecule has 0 amide bonds. The monoisotopic (exact) mass is 464 g/mol. The van der Waals surface area contributed by atoms with Crippen LogP contribution < -0.4 is 10.9 Å². The van der Waals surface area contributed by atoms with Crippen LogP contribution in [0, 0.1) is 6.92 Å². The van der Waals surface area contributed by atoms with E-state index < -0.39 is 11.7 Å². The lowest BCUT2D eigenvalue weighted by atomic mass is 9.38. The maximum atomic E-state index is 13.2. The highest BCUT2D eigenvalue weighted by Gasteiger charge is 2.35. The molecule has 2 aromatic carbocycles. The van der Waals surface area contributed by atoms with Crippen molar-refractivity contribution in [3.8, 4) is 0 Å². The number of aromatic nitrogens is 2. The van der Waals surface area contributed by atoms with Gasteiger partial charge in [-0.05, 0) is 18.8 Å². The van der Waals surface area contributed by atoms with E-state index in [1.165, 1.54) is 23.2 Å². The zero-order valence-corrected chi connectivity index (χ0v) is 18.4. The molecular formula is C23H22BCl2F3N2. The smallest absolute Gasteiger partial charge is 0.331 e. The molecule has 0 N–H and O–H groups in total. The number of rotatable bonds is 6. The van der Waals surface area contributed by atoms with Gasteiger partial charge in [0.1, 0.15) is 0 Å². The maximum Gasteiger partial charge on any atom is 0.415 e. The Bertz CT molecular complexity index is 986. The van der Waals surface area contributed by atoms with E-state index in [0.717, 1.165) is 23.8 Å². The molecule has 0 aliphatic rings. The number of allylic oxidation sites excluding steroid dienone is 2. The fraction of sp³-hybridized carbons (Fsp3) is 0.174. The fourth-order valence-electron chi connectivity index (χ4n) is 3.11. The number of halogens is 5. The second-order valence-electron chi connectivity index (χ2n) is 6.69. The molecule has 0 fully saturated rings. The lowest BCUT2D eigenvalue weighted by Crippen LogP contribution is -2.44. The second-order valence-corrected chi connectivity index (χ2v) is 7.20. The first-order valence-electron chi connectivity index (χ1n) is 9.56. The van der Waals surface area contributed by atoms with Crippen LogP contribution in [-0.4, -0.2) is 16.3 Å². The van der Waals surface area contributed by atoms with Gasteiger partial charge in [-0.25, -0.2) is 4.98 Å². The Labute approximate surface area is 191 Å². The molecule has 162 valence electrons. The lowest BCUT2D eigenvalue weighted by molar-refractivity contribution is -0.136. The third-order valence-corrected chi connectivity index (χ3v) is 4.97. The Morgan fingerprint density at radius 3 is 2.19 bits per heavy atom. The molecule has 0 atom stereocenters. The number of alkyl halides is 3. The van der Waals surface area contributed by atoms with E-state index in [1.807, 2.05) is 54.1 Å². The molecule has 0 radical (unpaired) electrons. The fourth-order valence-corrected chi connectivity index (χ4v) is 3.29. The molecule has 1 heterocycles. The van der Waals surface area contributed by atoms with Crippen LogP contribution in [0.15, 0.2) is 90.3 Å². The molecule has 3 aromatic rings. The van der Waals surface area contributed by atoms with Gasteiger partial charge in [0, 0.05) is 24.0 Å². The summed E-state index contributed by atoms with van der Waals surface area (Å²) in [5.74, 6) is 0. The van der Waals surface area contributed by atoms with E-state index in [2.05, 4.69) is 4.98 Å². The summed E-state index contributed by atoms with van der Waals surface area (Å²) in [7, 11) is 0. The van der Waals surface area contributed by atoms with E-state index in [-0.39, 0.29) is 12.2 Å². The van der Waals surface area contributed by atoms with E-state index >= 15 is 0 Å². The zero-order chi connectivity index (χ0) is 22.7. The summed E-state index contributed by atoms with van der Waals surface area (Å²) in [5.41, 5.74) is 4.51. The predicted molar refractivity (Wildman–Crippen MR) is 125 cm³/mol. The zero-order valence-electron chi connectivity index (χ0n) is 16.9. The molecule has 3 rings (SSSR count). The number of hydrogen-bond donors (Lipinski definition) is 0. The highest BCUT2D eigenvalue weighted by atomic mass is 35.5. The number of benzene rings is 2. The number of aryl methyl sites for hydroxylation is 1. The van der Waals surface area contributed by atoms with Crippen LogP contribution in [0.3, 0.4) is 0 Å². The van der Waals surface area contributed by atoms with Gasteiger partial charge in [0.15, 0.2) is 0 Å². The van der Waals surface area contributed by atoms with Crippen molar-refractivity contribution in [2.75, 3.05) is 0 Å². The second kappa shape index (κ2) is 12.4. The summed E-state index contributed by atoms with van der Waals surface area (Å²) in [4.78, 5) is 3.96. The highest BCUT2D eigenvalue weighted by Crippen LogP contribution is 2.28. The molecule has 8 heteroatoms. The van der Waals surface area contributed by atoms with Crippen molar-refractivity contribution in [2.45, 2.75) is 26.0 Å². The third kappa shape index (κ3) is 7.64. The van der Waals surface area contributed by atoms with Gasteiger partial charge >= 0.3 is 6.18 Å². The van der Waals surface area contributed by atoms with E-state index in [4.69, 9.17) is 23.2 Å². The summed E-state index contributed by atoms with van der Waals surface area (Å²) >= 11 is 10.9. The van der Waals surface area contributed by atoms with E-state index in [1.54, 1.807) is 18.5 Å². The van der Waals surface area contributed by atoms with E-state index in [0.29, 0.717) is 6.32 Å². The van der Waals surface area contributed by atoms with Crippen molar-refractivity contribution < 1.29 is 13.2 Å². The van der Waals surface area contributed by atoms with Crippen LogP contribution in [0.2, 0.25) is 6.32 Å². The van der Waals surface area contributed by atoms with Gasteiger partial charge in [-0.3, -0.25) is 0 Å². The van der Waals surface area contributed by atoms with Crippen LogP contribution in [0.1, 0.15) is 11.3 Å². The molecule has 0 spiro atoms. The number of hydrogen-bond acceptors (Lipinski definition) is 1. The first-order chi connectivity index (χ1) is 14.9. The van der Waals surface area contributed by atoms with Crippen molar-refractivity contribution >= 4 is 40.8 Å². The van der Waals surface area contributed by atoms with Gasteiger partial charge in [-0.2, -0.15) is 13.2 Å². The number of imidazole rings is 1. The minimum Gasteiger partial charge on any atom is -0.331 e. The van der Waals surface area contributed by atoms with Crippen molar-refractivity contribution in [1.82, 2.24) is 9.55 Å². The van der Waals surface area contributed by atoms with Gasteiger partial charge in [0.25, 0.3) is 0 Å². The topological polar surface area (TPSA) is 17.8 Å². The third-order valence-electron chi connectivity index (χ3n) is 4.62. The molecule has 0 aliphatic heterocycles. The Hall–Kier alpha value is -2.44. The van der Waals surface area contributed by atoms with Gasteiger partial charge in [0.2, 0.25) is 6.71 Å². The Kier molecular flexibility index (Phi) is 9.95. The minimum atomic E-state index is -4.37. The maximum absolute atomic E-state index is 13.2. The summed E-state index contributed by atoms with van der Waals surface area (Å²) < 4.78 is 41.6. The van der Waals surface area contributed by atoms with Gasteiger partial charge in [-0.15, -0.1) is 0 Å². The largest absolute Gasteiger partial charge is 0.415 e. The van der Waals surface area contributed by atoms with Crippen LogP contribution in [0.4, 0.5) is 13.2 Å². The van der Waals surface area contributed by atoms with Crippen molar-refractivity contribution in [3.63, 3.8) is 0 Å². The molecule has 31 heavy (non-hydrogen) atoms. The number of nitrogens with zero attached hydrogens (tertiary/aromatic N) is 2. The van der Waals surface area contributed by atoms with Crippen molar-refractivity contribution in [2.24, 2.45) is 0 Å². The van der Waals surface area contributed by atoms with Crippen LogP contribution in [0.5, 0.6) is 0 Å². The van der Waals surface area contributed by atoms with Crippen LogP contribution in [0.25, 0.3) is 0 Å². The molecule has 0 saturated heterocycles. The SMILES string of the molecule is Cc1cncn1CC=CCl.FC(F)(F)c1ccccc1B(CC=CCl)c1ccccc1. The van der Waals surface area contributed by atoms with Gasteiger partial charge in [-0.1, -0.05) is 101 Å². The first-order valence-corrected chi connectivity index (χ1v) is 10.4. The predicted octanol–water partition coefficient (Wildman–Crippen LogP) is 6.01. The Balaban J connectivity index is 0.000000285. The quantitative estimate of drug-likeness (QED) is 0.408. The summed E-state index contributed by atoms with van der Waals surface area (Å²) in [5, 5.41) is 0. The average Bonchev–Trinajstić information content (AvgIpc) is 3.18. The Morgan fingerprint density at radius 1 is 0.968 bits per heavy atom. The highest BCUT2D eigenvalue weighted by molar-refractivity contribution is 6.85. The molecule has 0 saturated carbocycles. The molecule has 0 aliphatic carbocycles. The summed E-state index contributed by atoms with van der Waals surface area (Å²) in [6.45, 7) is 2.43. The molecule has 2 nitrogen and oxygen atoms in total. The average molecular weight is 465 g/mol. The van der Waals surface area contributed by atoms with Gasteiger partial charge < -0.3 is 4.57 Å². The lowest BCUT2D eigenvalue weighted by Gasteiger charge is -2.18. The van der Waals surface area contributed by atoms with Crippen molar-refractivity contribution in [1.29, 1.82) is 0 Å². The molecule has 0 unspecified atom stereocenters. The standard InChI is InChI=1S/C16H13BClF3.C7H9ClN2/c18-12-6-11-17(13-7-2-1-3-8-13)15-10-5-4-9-14(15)16(19,20)21;1-7-5-9-6-10(7)4-2-3-8/h1-10,12H,11H2;2-3,5-6H,4H2,1H3. The minimum absolute atomic E-state index is 0.269. The van der Waals surface area contributed by atoms with Crippen molar-refractivity contribution in [3.05, 3.63) is 102 Å². The molecular weight excluding hydrogens is 443 g/mol. The van der Waals surface area contributed by atoms with Crippen LogP contribution >= 0.6 is 23.2 Å². The van der Waals surface area contributed by atoms with Gasteiger partial charge in [0.05, 0.1) is 11.9 Å². The van der Waals surface area contributed by atoms with E-state index in [9.17, 15) is 13.2 Å². The summed E-state index contributed by atoms with van der Waals surface area (Å²) in [6, 6.07) is 14.8. The first kappa shape index (κ1) is 24.8. The normalized spacial score (nSPS) is 11.5. The summed E-state index contributed by atoms with van der Waals surface area (Å²) in [6.07, 6.45) is 3.20.